The molecule has 0 saturated heterocycles. The molecule has 2 rings (SSSR count). The number of aromatic nitrogens is 1. The second-order valence-corrected chi connectivity index (χ2v) is 7.58. The fraction of sp³-hybridized carbons (Fsp3) is 0.722. The van der Waals surface area contributed by atoms with Crippen LogP contribution < -0.4 is 10.1 Å². The van der Waals surface area contributed by atoms with Crippen molar-refractivity contribution in [1.29, 1.82) is 0 Å². The molecule has 0 radical (unpaired) electrons. The minimum atomic E-state index is 0.119. The van der Waals surface area contributed by atoms with Crippen molar-refractivity contribution in [2.24, 2.45) is 5.92 Å². The van der Waals surface area contributed by atoms with E-state index in [4.69, 9.17) is 4.74 Å². The zero-order chi connectivity index (χ0) is 15.5. The molecule has 1 aromatic rings. The lowest BCUT2D eigenvalue weighted by atomic mass is 10.1. The van der Waals surface area contributed by atoms with E-state index in [2.05, 4.69) is 57.1 Å². The molecule has 0 amide bonds. The van der Waals surface area contributed by atoms with E-state index in [1.165, 1.54) is 24.8 Å². The van der Waals surface area contributed by atoms with Crippen LogP contribution in [0, 0.1) is 5.92 Å². The molecule has 1 heterocycles. The van der Waals surface area contributed by atoms with Crippen LogP contribution in [0.2, 0.25) is 0 Å². The highest BCUT2D eigenvalue weighted by atomic mass is 16.5. The molecular formula is C18H30N2O. The van der Waals surface area contributed by atoms with Crippen LogP contribution in [0.1, 0.15) is 71.1 Å². The average molecular weight is 290 g/mol. The van der Waals surface area contributed by atoms with Gasteiger partial charge in [0.05, 0.1) is 6.61 Å². The first-order valence-electron chi connectivity index (χ1n) is 8.22. The van der Waals surface area contributed by atoms with Crippen LogP contribution in [0.15, 0.2) is 12.1 Å². The topological polar surface area (TPSA) is 34.1 Å². The third-order valence-electron chi connectivity index (χ3n) is 3.77. The van der Waals surface area contributed by atoms with Gasteiger partial charge in [-0.2, -0.15) is 0 Å². The van der Waals surface area contributed by atoms with Crippen LogP contribution in [-0.4, -0.2) is 17.1 Å². The summed E-state index contributed by atoms with van der Waals surface area (Å²) in [6.07, 6.45) is 3.93. The largest absolute Gasteiger partial charge is 0.478 e. The minimum Gasteiger partial charge on any atom is -0.478 e. The van der Waals surface area contributed by atoms with E-state index in [9.17, 15) is 0 Å². The molecule has 0 bridgehead atoms. The van der Waals surface area contributed by atoms with Crippen molar-refractivity contribution in [1.82, 2.24) is 10.3 Å². The normalized spacial score (nSPS) is 15.5. The van der Waals surface area contributed by atoms with Crippen molar-refractivity contribution in [3.63, 3.8) is 0 Å². The molecule has 0 atom stereocenters. The fourth-order valence-corrected chi connectivity index (χ4v) is 2.16. The summed E-state index contributed by atoms with van der Waals surface area (Å²) in [4.78, 5) is 4.64. The van der Waals surface area contributed by atoms with Crippen LogP contribution in [0.5, 0.6) is 5.88 Å². The van der Waals surface area contributed by atoms with E-state index in [1.54, 1.807) is 0 Å². The molecule has 1 aliphatic carbocycles. The SMILES string of the molecule is CC(C)c1cc(CNC(C)(C)C)cc(OCCC2CC2)n1. The lowest BCUT2D eigenvalue weighted by molar-refractivity contribution is 0.289. The summed E-state index contributed by atoms with van der Waals surface area (Å²) >= 11 is 0. The first kappa shape index (κ1) is 16.3. The van der Waals surface area contributed by atoms with Gasteiger partial charge < -0.3 is 10.1 Å². The van der Waals surface area contributed by atoms with Gasteiger partial charge in [-0.25, -0.2) is 4.98 Å². The van der Waals surface area contributed by atoms with E-state index in [0.717, 1.165) is 30.6 Å². The number of nitrogens with one attached hydrogen (secondary N) is 1. The molecule has 1 saturated carbocycles. The molecule has 0 aromatic carbocycles. The van der Waals surface area contributed by atoms with Gasteiger partial charge in [-0.3, -0.25) is 0 Å². The van der Waals surface area contributed by atoms with Gasteiger partial charge in [0.25, 0.3) is 0 Å². The predicted molar refractivity (Wildman–Crippen MR) is 87.8 cm³/mol. The maximum atomic E-state index is 5.88. The van der Waals surface area contributed by atoms with Crippen LogP contribution in [0.25, 0.3) is 0 Å². The summed E-state index contributed by atoms with van der Waals surface area (Å²) in [5, 5.41) is 3.53. The number of ether oxygens (including phenoxy) is 1. The van der Waals surface area contributed by atoms with Gasteiger partial charge in [-0.15, -0.1) is 0 Å². The Morgan fingerprint density at radius 3 is 2.57 bits per heavy atom. The summed E-state index contributed by atoms with van der Waals surface area (Å²) in [7, 11) is 0. The van der Waals surface area contributed by atoms with E-state index >= 15 is 0 Å². The van der Waals surface area contributed by atoms with E-state index in [-0.39, 0.29) is 5.54 Å². The molecule has 0 aliphatic heterocycles. The predicted octanol–water partition coefficient (Wildman–Crippen LogP) is 4.27. The van der Waals surface area contributed by atoms with Crippen LogP contribution >= 0.6 is 0 Å². The number of hydrogen-bond donors (Lipinski definition) is 1. The molecule has 0 spiro atoms. The Labute approximate surface area is 129 Å². The second kappa shape index (κ2) is 6.78. The number of pyridine rings is 1. The summed E-state index contributed by atoms with van der Waals surface area (Å²) in [5.41, 5.74) is 2.49. The molecule has 1 aliphatic rings. The standard InChI is InChI=1S/C18H30N2O/c1-13(2)16-10-15(12-19-18(3,4)5)11-17(20-16)21-9-8-14-6-7-14/h10-11,13-14,19H,6-9,12H2,1-5H3. The molecule has 3 nitrogen and oxygen atoms in total. The lowest BCUT2D eigenvalue weighted by Crippen LogP contribution is -2.35. The second-order valence-electron chi connectivity index (χ2n) is 7.58. The zero-order valence-corrected chi connectivity index (χ0v) is 14.2. The number of hydrogen-bond acceptors (Lipinski definition) is 3. The molecule has 118 valence electrons. The lowest BCUT2D eigenvalue weighted by Gasteiger charge is -2.21. The van der Waals surface area contributed by atoms with Crippen molar-refractivity contribution >= 4 is 0 Å². The van der Waals surface area contributed by atoms with Gasteiger partial charge in [-0.1, -0.05) is 26.7 Å². The van der Waals surface area contributed by atoms with Gasteiger partial charge in [0.1, 0.15) is 0 Å². The van der Waals surface area contributed by atoms with Crippen LogP contribution in [-0.2, 0) is 6.54 Å². The van der Waals surface area contributed by atoms with Crippen LogP contribution in [0.4, 0.5) is 0 Å². The molecule has 1 fully saturated rings. The highest BCUT2D eigenvalue weighted by molar-refractivity contribution is 5.27. The van der Waals surface area contributed by atoms with Gasteiger partial charge in [0.2, 0.25) is 5.88 Å². The van der Waals surface area contributed by atoms with Crippen molar-refractivity contribution in [3.8, 4) is 5.88 Å². The van der Waals surface area contributed by atoms with E-state index in [1.807, 2.05) is 0 Å². The maximum absolute atomic E-state index is 5.88. The first-order chi connectivity index (χ1) is 9.83. The Morgan fingerprint density at radius 2 is 2.00 bits per heavy atom. The van der Waals surface area contributed by atoms with E-state index in [0.29, 0.717) is 5.92 Å². The maximum Gasteiger partial charge on any atom is 0.213 e. The fourth-order valence-electron chi connectivity index (χ4n) is 2.16. The molecule has 21 heavy (non-hydrogen) atoms. The van der Waals surface area contributed by atoms with Crippen molar-refractivity contribution in [3.05, 3.63) is 23.4 Å². The van der Waals surface area contributed by atoms with Crippen molar-refractivity contribution in [2.45, 2.75) is 71.9 Å². The summed E-state index contributed by atoms with van der Waals surface area (Å²) < 4.78 is 5.88. The smallest absolute Gasteiger partial charge is 0.213 e. The third kappa shape index (κ3) is 6.04. The number of nitrogens with zero attached hydrogens (tertiary/aromatic N) is 1. The molecule has 1 aromatic heterocycles. The molecular weight excluding hydrogens is 260 g/mol. The Hall–Kier alpha value is -1.09. The molecule has 1 N–H and O–H groups in total. The Morgan fingerprint density at radius 1 is 1.29 bits per heavy atom. The summed E-state index contributed by atoms with van der Waals surface area (Å²) in [6, 6.07) is 4.27. The Kier molecular flexibility index (Phi) is 5.26. The molecule has 3 heteroatoms. The van der Waals surface area contributed by atoms with Gasteiger partial charge >= 0.3 is 0 Å². The summed E-state index contributed by atoms with van der Waals surface area (Å²) in [6.45, 7) is 12.6. The minimum absolute atomic E-state index is 0.119. The van der Waals surface area contributed by atoms with Crippen molar-refractivity contribution < 1.29 is 4.74 Å². The van der Waals surface area contributed by atoms with Crippen LogP contribution in [0.3, 0.4) is 0 Å². The number of rotatable bonds is 7. The molecule has 0 unspecified atom stereocenters. The first-order valence-corrected chi connectivity index (χ1v) is 8.22. The van der Waals surface area contributed by atoms with Gasteiger partial charge in [-0.05, 0) is 50.7 Å². The van der Waals surface area contributed by atoms with Crippen molar-refractivity contribution in [2.75, 3.05) is 6.61 Å². The highest BCUT2D eigenvalue weighted by Crippen LogP contribution is 2.32. The quantitative estimate of drug-likeness (QED) is 0.814. The van der Waals surface area contributed by atoms with E-state index < -0.39 is 0 Å². The Balaban J connectivity index is 2.01. The highest BCUT2D eigenvalue weighted by Gasteiger charge is 2.21. The third-order valence-corrected chi connectivity index (χ3v) is 3.77. The Bertz CT molecular complexity index is 459. The monoisotopic (exact) mass is 290 g/mol. The average Bonchev–Trinajstić information content (AvgIpc) is 3.19. The van der Waals surface area contributed by atoms with Gasteiger partial charge in [0.15, 0.2) is 0 Å². The zero-order valence-electron chi connectivity index (χ0n) is 14.2. The summed E-state index contributed by atoms with van der Waals surface area (Å²) in [5.74, 6) is 2.11. The van der Waals surface area contributed by atoms with Gasteiger partial charge in [0, 0.05) is 23.8 Å².